The predicted octanol–water partition coefficient (Wildman–Crippen LogP) is 1.85. The van der Waals surface area contributed by atoms with Gasteiger partial charge in [-0.15, -0.1) is 0 Å². The minimum Gasteiger partial charge on any atom is -0.396 e. The molecule has 1 aromatic rings. The number of aryl methyl sites for hydroxylation is 2. The van der Waals surface area contributed by atoms with Crippen LogP contribution in [0.4, 0.5) is 0 Å². The number of aliphatic hydroxyl groups is 1. The number of nitrogens with zero attached hydrogens (tertiary/aromatic N) is 2. The molecule has 5 heteroatoms. The summed E-state index contributed by atoms with van der Waals surface area (Å²) in [6, 6.07) is 0. The normalized spacial score (nSPS) is 18.3. The van der Waals surface area contributed by atoms with E-state index in [-0.39, 0.29) is 17.9 Å². The van der Waals surface area contributed by atoms with Gasteiger partial charge in [-0.1, -0.05) is 12.1 Å². The first-order chi connectivity index (χ1) is 9.51. The Bertz CT molecular complexity index is 448. The van der Waals surface area contributed by atoms with Crippen molar-refractivity contribution in [3.05, 3.63) is 17.0 Å². The lowest BCUT2D eigenvalue weighted by Gasteiger charge is -2.40. The molecule has 20 heavy (non-hydrogen) atoms. The maximum Gasteiger partial charge on any atom is 0.227 e. The van der Waals surface area contributed by atoms with Gasteiger partial charge in [-0.25, -0.2) is 0 Å². The maximum atomic E-state index is 12.4. The third-order valence-corrected chi connectivity index (χ3v) is 4.77. The molecule has 0 spiro atoms. The molecular weight excluding hydrogens is 256 g/mol. The predicted molar refractivity (Wildman–Crippen MR) is 75.3 cm³/mol. The molecule has 0 bridgehead atoms. The molecule has 1 fully saturated rings. The van der Waals surface area contributed by atoms with Crippen LogP contribution in [0.25, 0.3) is 0 Å². The van der Waals surface area contributed by atoms with E-state index in [9.17, 15) is 9.90 Å². The van der Waals surface area contributed by atoms with Crippen LogP contribution >= 0.6 is 0 Å². The number of amides is 1. The van der Waals surface area contributed by atoms with Gasteiger partial charge < -0.3 is 14.5 Å². The first-order valence-electron chi connectivity index (χ1n) is 7.32. The minimum atomic E-state index is 0.0137. The molecule has 1 amide bonds. The zero-order valence-corrected chi connectivity index (χ0v) is 12.6. The summed E-state index contributed by atoms with van der Waals surface area (Å²) in [6.45, 7) is 7.50. The Morgan fingerprint density at radius 3 is 2.50 bits per heavy atom. The highest BCUT2D eigenvalue weighted by molar-refractivity contribution is 5.79. The quantitative estimate of drug-likeness (QED) is 0.914. The molecule has 0 aromatic carbocycles. The standard InChI is InChI=1S/C15H24N2O3/c1-4-15(10-18)5-7-17(8-6-15)14(19)9-13-11(2)16-20-12(13)3/h18H,4-10H2,1-3H3. The van der Waals surface area contributed by atoms with E-state index < -0.39 is 0 Å². The van der Waals surface area contributed by atoms with Crippen molar-refractivity contribution in [3.8, 4) is 0 Å². The van der Waals surface area contributed by atoms with E-state index in [2.05, 4.69) is 12.1 Å². The molecule has 1 aromatic heterocycles. The highest BCUT2D eigenvalue weighted by Gasteiger charge is 2.34. The summed E-state index contributed by atoms with van der Waals surface area (Å²) >= 11 is 0. The van der Waals surface area contributed by atoms with Crippen LogP contribution < -0.4 is 0 Å². The van der Waals surface area contributed by atoms with Crippen LogP contribution in [0.3, 0.4) is 0 Å². The van der Waals surface area contributed by atoms with Crippen LogP contribution in [-0.2, 0) is 11.2 Å². The zero-order chi connectivity index (χ0) is 14.8. The summed E-state index contributed by atoms with van der Waals surface area (Å²) in [5.74, 6) is 0.855. The molecule has 1 aliphatic heterocycles. The lowest BCUT2D eigenvalue weighted by Crippen LogP contribution is -2.45. The molecule has 2 rings (SSSR count). The fourth-order valence-corrected chi connectivity index (χ4v) is 2.87. The van der Waals surface area contributed by atoms with Crippen LogP contribution in [-0.4, -0.2) is 40.8 Å². The third-order valence-electron chi connectivity index (χ3n) is 4.77. The number of hydrogen-bond donors (Lipinski definition) is 1. The van der Waals surface area contributed by atoms with Crippen molar-refractivity contribution >= 4 is 5.91 Å². The van der Waals surface area contributed by atoms with E-state index in [0.717, 1.165) is 49.4 Å². The first-order valence-corrected chi connectivity index (χ1v) is 7.32. The average molecular weight is 280 g/mol. The highest BCUT2D eigenvalue weighted by Crippen LogP contribution is 2.34. The lowest BCUT2D eigenvalue weighted by atomic mass is 9.77. The van der Waals surface area contributed by atoms with Crippen molar-refractivity contribution in [3.63, 3.8) is 0 Å². The number of likely N-dealkylation sites (tertiary alicyclic amines) is 1. The summed E-state index contributed by atoms with van der Waals surface area (Å²) < 4.78 is 5.10. The largest absolute Gasteiger partial charge is 0.396 e. The van der Waals surface area contributed by atoms with Crippen molar-refractivity contribution in [2.75, 3.05) is 19.7 Å². The Balaban J connectivity index is 1.96. The molecule has 112 valence electrons. The second-order valence-corrected chi connectivity index (χ2v) is 5.87. The zero-order valence-electron chi connectivity index (χ0n) is 12.6. The van der Waals surface area contributed by atoms with Crippen LogP contribution in [0.1, 0.15) is 43.2 Å². The second-order valence-electron chi connectivity index (χ2n) is 5.87. The molecule has 1 aliphatic rings. The van der Waals surface area contributed by atoms with Crippen molar-refractivity contribution in [1.29, 1.82) is 0 Å². The van der Waals surface area contributed by atoms with Gasteiger partial charge in [0.15, 0.2) is 0 Å². The summed E-state index contributed by atoms with van der Waals surface area (Å²) in [6.07, 6.45) is 3.09. The van der Waals surface area contributed by atoms with E-state index in [4.69, 9.17) is 4.52 Å². The lowest BCUT2D eigenvalue weighted by molar-refractivity contribution is -0.133. The Labute approximate surface area is 119 Å². The summed E-state index contributed by atoms with van der Waals surface area (Å²) in [7, 11) is 0. The topological polar surface area (TPSA) is 66.6 Å². The van der Waals surface area contributed by atoms with Gasteiger partial charge in [0.05, 0.1) is 12.1 Å². The second kappa shape index (κ2) is 5.95. The molecule has 0 aliphatic carbocycles. The van der Waals surface area contributed by atoms with E-state index in [1.165, 1.54) is 0 Å². The Morgan fingerprint density at radius 2 is 2.05 bits per heavy atom. The van der Waals surface area contributed by atoms with Gasteiger partial charge in [-0.3, -0.25) is 4.79 Å². The summed E-state index contributed by atoms with van der Waals surface area (Å²) in [5.41, 5.74) is 1.72. The SMILES string of the molecule is CCC1(CO)CCN(C(=O)Cc2c(C)noc2C)CC1. The fraction of sp³-hybridized carbons (Fsp3) is 0.733. The molecular formula is C15H24N2O3. The third kappa shape index (κ3) is 2.87. The van der Waals surface area contributed by atoms with Crippen LogP contribution in [0.15, 0.2) is 4.52 Å². The van der Waals surface area contributed by atoms with Gasteiger partial charge in [-0.05, 0) is 38.5 Å². The van der Waals surface area contributed by atoms with Gasteiger partial charge in [0.1, 0.15) is 5.76 Å². The maximum absolute atomic E-state index is 12.4. The Kier molecular flexibility index (Phi) is 4.48. The Morgan fingerprint density at radius 1 is 1.40 bits per heavy atom. The molecule has 0 radical (unpaired) electrons. The van der Waals surface area contributed by atoms with Gasteiger partial charge in [0.25, 0.3) is 0 Å². The number of piperidine rings is 1. The number of carbonyl (C=O) groups excluding carboxylic acids is 1. The van der Waals surface area contributed by atoms with Gasteiger partial charge >= 0.3 is 0 Å². The van der Waals surface area contributed by atoms with Crippen molar-refractivity contribution in [2.24, 2.45) is 5.41 Å². The van der Waals surface area contributed by atoms with E-state index in [1.807, 2.05) is 18.7 Å². The van der Waals surface area contributed by atoms with Gasteiger partial charge in [0, 0.05) is 25.3 Å². The average Bonchev–Trinajstić information content (AvgIpc) is 2.79. The van der Waals surface area contributed by atoms with E-state index in [1.54, 1.807) is 0 Å². The molecule has 1 N–H and O–H groups in total. The van der Waals surface area contributed by atoms with Crippen molar-refractivity contribution in [1.82, 2.24) is 10.1 Å². The van der Waals surface area contributed by atoms with E-state index in [0.29, 0.717) is 6.42 Å². The van der Waals surface area contributed by atoms with Gasteiger partial charge in [0.2, 0.25) is 5.91 Å². The monoisotopic (exact) mass is 280 g/mol. The smallest absolute Gasteiger partial charge is 0.227 e. The molecule has 0 atom stereocenters. The number of carbonyl (C=O) groups is 1. The van der Waals surface area contributed by atoms with Gasteiger partial charge in [-0.2, -0.15) is 0 Å². The number of hydrogen-bond acceptors (Lipinski definition) is 4. The van der Waals surface area contributed by atoms with Crippen LogP contribution in [0.2, 0.25) is 0 Å². The van der Waals surface area contributed by atoms with Crippen molar-refractivity contribution < 1.29 is 14.4 Å². The first kappa shape index (κ1) is 15.0. The molecule has 1 saturated heterocycles. The minimum absolute atomic E-state index is 0.0137. The van der Waals surface area contributed by atoms with Crippen molar-refractivity contribution in [2.45, 2.75) is 46.5 Å². The molecule has 0 saturated carbocycles. The molecule has 5 nitrogen and oxygen atoms in total. The summed E-state index contributed by atoms with van der Waals surface area (Å²) in [5, 5.41) is 13.4. The number of aromatic nitrogens is 1. The molecule has 0 unspecified atom stereocenters. The van der Waals surface area contributed by atoms with E-state index >= 15 is 0 Å². The highest BCUT2D eigenvalue weighted by atomic mass is 16.5. The number of rotatable bonds is 4. The number of aliphatic hydroxyl groups excluding tert-OH is 1. The Hall–Kier alpha value is -1.36. The fourth-order valence-electron chi connectivity index (χ4n) is 2.87. The summed E-state index contributed by atoms with van der Waals surface area (Å²) in [4.78, 5) is 14.2. The van der Waals surface area contributed by atoms with Crippen LogP contribution in [0.5, 0.6) is 0 Å². The molecule has 2 heterocycles. The van der Waals surface area contributed by atoms with Crippen LogP contribution in [0, 0.1) is 19.3 Å².